The molecule has 1 amide bonds. The van der Waals surface area contributed by atoms with Gasteiger partial charge in [0.15, 0.2) is 5.82 Å². The molecule has 5 nitrogen and oxygen atoms in total. The van der Waals surface area contributed by atoms with E-state index in [-0.39, 0.29) is 5.91 Å². The van der Waals surface area contributed by atoms with E-state index < -0.39 is 0 Å². The Bertz CT molecular complexity index is 1100. The van der Waals surface area contributed by atoms with Crippen LogP contribution in [0.4, 0.5) is 5.82 Å². The topological polar surface area (TPSA) is 59.8 Å². The molecule has 128 valence electrons. The van der Waals surface area contributed by atoms with E-state index in [1.807, 2.05) is 61.5 Å². The van der Waals surface area contributed by atoms with E-state index in [1.54, 1.807) is 16.8 Å². The van der Waals surface area contributed by atoms with E-state index in [2.05, 4.69) is 31.3 Å². The first-order valence-electron chi connectivity index (χ1n) is 8.10. The molecule has 1 N–H and O–H groups in total. The van der Waals surface area contributed by atoms with E-state index in [0.29, 0.717) is 17.2 Å². The van der Waals surface area contributed by atoms with Gasteiger partial charge in [-0.15, -0.1) is 0 Å². The Hall–Kier alpha value is -2.99. The molecular weight excluding hydrogens is 392 g/mol. The van der Waals surface area contributed by atoms with Crippen molar-refractivity contribution in [3.8, 4) is 5.82 Å². The van der Waals surface area contributed by atoms with Crippen LogP contribution in [0.1, 0.15) is 16.1 Å². The lowest BCUT2D eigenvalue weighted by Crippen LogP contribution is -2.15. The molecule has 26 heavy (non-hydrogen) atoms. The number of carbonyl (C=O) groups excluding carboxylic acids is 1. The molecule has 0 aliphatic carbocycles. The van der Waals surface area contributed by atoms with Crippen LogP contribution >= 0.6 is 15.9 Å². The molecule has 0 bridgehead atoms. The lowest BCUT2D eigenvalue weighted by Gasteiger charge is -2.09. The summed E-state index contributed by atoms with van der Waals surface area (Å²) in [6.07, 6.45) is 0. The normalized spacial score (nSPS) is 10.8. The molecule has 4 rings (SSSR count). The molecular formula is C20H15BrN4O. The first-order valence-corrected chi connectivity index (χ1v) is 8.89. The second-order valence-corrected chi connectivity index (χ2v) is 6.82. The highest BCUT2D eigenvalue weighted by Crippen LogP contribution is 2.20. The maximum atomic E-state index is 12.5. The number of hydrogen-bond donors (Lipinski definition) is 1. The van der Waals surface area contributed by atoms with Gasteiger partial charge in [-0.25, -0.2) is 4.98 Å². The number of anilines is 1. The van der Waals surface area contributed by atoms with Crippen LogP contribution < -0.4 is 5.32 Å². The highest BCUT2D eigenvalue weighted by molar-refractivity contribution is 9.10. The van der Waals surface area contributed by atoms with E-state index >= 15 is 0 Å². The monoisotopic (exact) mass is 406 g/mol. The van der Waals surface area contributed by atoms with Gasteiger partial charge in [-0.1, -0.05) is 34.1 Å². The van der Waals surface area contributed by atoms with Gasteiger partial charge in [0.1, 0.15) is 5.82 Å². The van der Waals surface area contributed by atoms with Crippen molar-refractivity contribution < 1.29 is 4.79 Å². The van der Waals surface area contributed by atoms with Gasteiger partial charge < -0.3 is 5.32 Å². The average Bonchev–Trinajstić information content (AvgIpc) is 3.02. The SMILES string of the molecule is Cc1cc(NC(=O)c2ccc(Br)cc2)n(-c2ccc3ccccc3n2)n1. The molecule has 4 aromatic rings. The number of carbonyl (C=O) groups is 1. The van der Waals surface area contributed by atoms with Crippen molar-refractivity contribution in [2.24, 2.45) is 0 Å². The number of amides is 1. The Morgan fingerprint density at radius 3 is 2.62 bits per heavy atom. The van der Waals surface area contributed by atoms with Crippen molar-refractivity contribution in [2.75, 3.05) is 5.32 Å². The van der Waals surface area contributed by atoms with Crippen molar-refractivity contribution in [1.29, 1.82) is 0 Å². The summed E-state index contributed by atoms with van der Waals surface area (Å²) in [6, 6.07) is 20.8. The van der Waals surface area contributed by atoms with Crippen LogP contribution in [0.5, 0.6) is 0 Å². The molecule has 2 heterocycles. The summed E-state index contributed by atoms with van der Waals surface area (Å²) in [6.45, 7) is 1.88. The minimum Gasteiger partial charge on any atom is -0.306 e. The van der Waals surface area contributed by atoms with Gasteiger partial charge in [0.2, 0.25) is 0 Å². The summed E-state index contributed by atoms with van der Waals surface area (Å²) < 4.78 is 2.58. The summed E-state index contributed by atoms with van der Waals surface area (Å²) in [4.78, 5) is 17.2. The fourth-order valence-corrected chi connectivity index (χ4v) is 2.99. The summed E-state index contributed by atoms with van der Waals surface area (Å²) in [5.74, 6) is 1.04. The Labute approximate surface area is 158 Å². The van der Waals surface area contributed by atoms with Crippen LogP contribution in [-0.2, 0) is 0 Å². The van der Waals surface area contributed by atoms with E-state index in [4.69, 9.17) is 0 Å². The number of para-hydroxylation sites is 1. The smallest absolute Gasteiger partial charge is 0.256 e. The van der Waals surface area contributed by atoms with Crippen LogP contribution in [0.25, 0.3) is 16.7 Å². The number of nitrogens with one attached hydrogen (secondary N) is 1. The number of aryl methyl sites for hydroxylation is 1. The number of pyridine rings is 1. The Balaban J connectivity index is 1.69. The van der Waals surface area contributed by atoms with Crippen LogP contribution in [0.2, 0.25) is 0 Å². The highest BCUT2D eigenvalue weighted by Gasteiger charge is 2.13. The molecule has 0 saturated heterocycles. The van der Waals surface area contributed by atoms with Crippen molar-refractivity contribution in [2.45, 2.75) is 6.92 Å². The standard InChI is InChI=1S/C20H15BrN4O/c1-13-12-19(23-20(26)15-6-9-16(21)10-7-15)25(24-13)18-11-8-14-4-2-3-5-17(14)22-18/h2-12H,1H3,(H,23,26). The maximum absolute atomic E-state index is 12.5. The zero-order valence-corrected chi connectivity index (χ0v) is 15.6. The largest absolute Gasteiger partial charge is 0.306 e. The summed E-state index contributed by atoms with van der Waals surface area (Å²) in [5, 5.41) is 8.46. The molecule has 0 radical (unpaired) electrons. The molecule has 6 heteroatoms. The zero-order valence-electron chi connectivity index (χ0n) is 14.0. The fraction of sp³-hybridized carbons (Fsp3) is 0.0500. The molecule has 0 aliphatic heterocycles. The predicted octanol–water partition coefficient (Wildman–Crippen LogP) is 4.74. The van der Waals surface area contributed by atoms with Gasteiger partial charge in [0.05, 0.1) is 11.2 Å². The summed E-state index contributed by atoms with van der Waals surface area (Å²) >= 11 is 3.37. The average molecular weight is 407 g/mol. The lowest BCUT2D eigenvalue weighted by molar-refractivity contribution is 0.102. The number of fused-ring (bicyclic) bond motifs is 1. The van der Waals surface area contributed by atoms with Gasteiger partial charge in [0, 0.05) is 21.5 Å². The molecule has 0 spiro atoms. The number of aromatic nitrogens is 3. The van der Waals surface area contributed by atoms with Crippen molar-refractivity contribution in [3.05, 3.63) is 82.5 Å². The van der Waals surface area contributed by atoms with E-state index in [0.717, 1.165) is 21.1 Å². The van der Waals surface area contributed by atoms with Gasteiger partial charge >= 0.3 is 0 Å². The fourth-order valence-electron chi connectivity index (χ4n) is 2.73. The molecule has 0 aliphatic rings. The highest BCUT2D eigenvalue weighted by atomic mass is 79.9. The lowest BCUT2D eigenvalue weighted by atomic mass is 10.2. The molecule has 0 unspecified atom stereocenters. The predicted molar refractivity (Wildman–Crippen MR) is 106 cm³/mol. The van der Waals surface area contributed by atoms with Gasteiger partial charge in [-0.3, -0.25) is 4.79 Å². The second-order valence-electron chi connectivity index (χ2n) is 5.91. The van der Waals surface area contributed by atoms with Crippen LogP contribution in [-0.4, -0.2) is 20.7 Å². The van der Waals surface area contributed by atoms with Crippen molar-refractivity contribution in [3.63, 3.8) is 0 Å². The second kappa shape index (κ2) is 6.72. The third kappa shape index (κ3) is 3.23. The number of rotatable bonds is 3. The number of hydrogen-bond acceptors (Lipinski definition) is 3. The van der Waals surface area contributed by atoms with Crippen LogP contribution in [0.3, 0.4) is 0 Å². The third-order valence-electron chi connectivity index (χ3n) is 3.98. The Kier molecular flexibility index (Phi) is 4.26. The number of nitrogens with zero attached hydrogens (tertiary/aromatic N) is 3. The maximum Gasteiger partial charge on any atom is 0.256 e. The Morgan fingerprint density at radius 1 is 1.04 bits per heavy atom. The molecule has 2 aromatic heterocycles. The minimum absolute atomic E-state index is 0.195. The molecule has 2 aromatic carbocycles. The molecule has 0 saturated carbocycles. The Morgan fingerprint density at radius 2 is 1.81 bits per heavy atom. The van der Waals surface area contributed by atoms with Crippen LogP contribution in [0.15, 0.2) is 71.2 Å². The minimum atomic E-state index is -0.195. The molecule has 0 atom stereocenters. The van der Waals surface area contributed by atoms with Gasteiger partial charge in [0.25, 0.3) is 5.91 Å². The number of benzene rings is 2. The van der Waals surface area contributed by atoms with Gasteiger partial charge in [-0.2, -0.15) is 9.78 Å². The van der Waals surface area contributed by atoms with Crippen LogP contribution in [0, 0.1) is 6.92 Å². The van der Waals surface area contributed by atoms with E-state index in [9.17, 15) is 4.79 Å². The van der Waals surface area contributed by atoms with Crippen molar-refractivity contribution in [1.82, 2.24) is 14.8 Å². The van der Waals surface area contributed by atoms with Gasteiger partial charge in [-0.05, 0) is 49.4 Å². The third-order valence-corrected chi connectivity index (χ3v) is 4.51. The summed E-state index contributed by atoms with van der Waals surface area (Å²) in [5.41, 5.74) is 2.25. The number of halogens is 1. The first-order chi connectivity index (χ1) is 12.6. The molecule has 0 fully saturated rings. The zero-order chi connectivity index (χ0) is 18.1. The van der Waals surface area contributed by atoms with Crippen molar-refractivity contribution >= 4 is 38.6 Å². The van der Waals surface area contributed by atoms with E-state index in [1.165, 1.54) is 0 Å². The summed E-state index contributed by atoms with van der Waals surface area (Å²) in [7, 11) is 0. The quantitative estimate of drug-likeness (QED) is 0.534. The first kappa shape index (κ1) is 16.5.